The van der Waals surface area contributed by atoms with E-state index in [0.717, 1.165) is 16.7 Å². The predicted octanol–water partition coefficient (Wildman–Crippen LogP) is 2.28. The van der Waals surface area contributed by atoms with Crippen molar-refractivity contribution in [3.8, 4) is 22.4 Å². The van der Waals surface area contributed by atoms with Gasteiger partial charge >= 0.3 is 5.97 Å². The number of carboxylic acid groups (broad SMARTS) is 1. The summed E-state index contributed by atoms with van der Waals surface area (Å²) in [5.41, 5.74) is 8.82. The summed E-state index contributed by atoms with van der Waals surface area (Å²) in [6, 6.07) is 17.5. The van der Waals surface area contributed by atoms with E-state index in [1.165, 1.54) is 6.92 Å². The molecular formula is C26H28N4O6. The largest absolute Gasteiger partial charge is 0.481 e. The molecule has 2 unspecified atom stereocenters. The Morgan fingerprint density at radius 2 is 1.58 bits per heavy atom. The average Bonchev–Trinajstić information content (AvgIpc) is 3.34. The number of rotatable bonds is 12. The normalized spacial score (nSPS) is 12.4. The second kappa shape index (κ2) is 12.3. The molecular weight excluding hydrogens is 464 g/mol. The van der Waals surface area contributed by atoms with Gasteiger partial charge in [-0.1, -0.05) is 59.8 Å². The summed E-state index contributed by atoms with van der Waals surface area (Å²) >= 11 is 0. The van der Waals surface area contributed by atoms with Gasteiger partial charge in [0.05, 0.1) is 0 Å². The van der Waals surface area contributed by atoms with Crippen LogP contribution in [-0.2, 0) is 25.6 Å². The zero-order valence-electron chi connectivity index (χ0n) is 19.8. The first-order valence-corrected chi connectivity index (χ1v) is 11.4. The molecule has 3 rings (SSSR count). The lowest BCUT2D eigenvalue weighted by Gasteiger charge is -2.19. The maximum absolute atomic E-state index is 12.5. The Bertz CT molecular complexity index is 1210. The molecule has 0 radical (unpaired) electrons. The topological polar surface area (TPSA) is 165 Å². The molecule has 1 heterocycles. The van der Waals surface area contributed by atoms with Crippen molar-refractivity contribution in [1.29, 1.82) is 0 Å². The Morgan fingerprint density at radius 1 is 0.944 bits per heavy atom. The van der Waals surface area contributed by atoms with Gasteiger partial charge < -0.3 is 26.0 Å². The molecule has 2 aromatic carbocycles. The summed E-state index contributed by atoms with van der Waals surface area (Å²) in [7, 11) is 0. The number of aryl methyl sites for hydroxylation is 1. The fraction of sp³-hybridized carbons (Fsp3) is 0.269. The van der Waals surface area contributed by atoms with Crippen LogP contribution in [0, 0.1) is 0 Å². The van der Waals surface area contributed by atoms with E-state index in [2.05, 4.69) is 15.8 Å². The van der Waals surface area contributed by atoms with Gasteiger partial charge in [-0.2, -0.15) is 0 Å². The third-order valence-electron chi connectivity index (χ3n) is 5.53. The summed E-state index contributed by atoms with van der Waals surface area (Å²) < 4.78 is 5.36. The zero-order chi connectivity index (χ0) is 26.1. The van der Waals surface area contributed by atoms with Crippen molar-refractivity contribution in [1.82, 2.24) is 15.8 Å². The van der Waals surface area contributed by atoms with E-state index in [9.17, 15) is 19.2 Å². The molecule has 0 saturated heterocycles. The molecule has 0 fully saturated rings. The Balaban J connectivity index is 1.57. The molecule has 5 N–H and O–H groups in total. The van der Waals surface area contributed by atoms with Crippen LogP contribution >= 0.6 is 0 Å². The van der Waals surface area contributed by atoms with Crippen molar-refractivity contribution in [3.63, 3.8) is 0 Å². The van der Waals surface area contributed by atoms with Crippen molar-refractivity contribution in [2.45, 2.75) is 44.7 Å². The standard InChI is InChI=1S/C26H28N4O6/c1-16(25(27)34)28-26(35)21(12-14-24(32)33)29-23(31)13-11-20-15-22(30-36-20)19-9-7-18(8-10-19)17-5-3-2-4-6-17/h2-10,15-16,21H,11-14H2,1H3,(H2,27,34)(H,28,35)(H,29,31)(H,32,33). The van der Waals surface area contributed by atoms with Gasteiger partial charge in [0, 0.05) is 30.9 Å². The highest BCUT2D eigenvalue weighted by atomic mass is 16.5. The van der Waals surface area contributed by atoms with Crippen molar-refractivity contribution in [2.75, 3.05) is 0 Å². The highest BCUT2D eigenvalue weighted by Crippen LogP contribution is 2.25. The minimum Gasteiger partial charge on any atom is -0.481 e. The number of hydrogen-bond donors (Lipinski definition) is 4. The summed E-state index contributed by atoms with van der Waals surface area (Å²) in [5.74, 6) is -2.53. The second-order valence-electron chi connectivity index (χ2n) is 8.31. The third kappa shape index (κ3) is 7.52. The number of carboxylic acids is 1. The third-order valence-corrected chi connectivity index (χ3v) is 5.53. The molecule has 0 aliphatic carbocycles. The first-order valence-electron chi connectivity index (χ1n) is 11.4. The Labute approximate surface area is 207 Å². The van der Waals surface area contributed by atoms with Crippen LogP contribution < -0.4 is 16.4 Å². The molecule has 0 aliphatic heterocycles. The highest BCUT2D eigenvalue weighted by molar-refractivity contribution is 5.91. The Hall–Kier alpha value is -4.47. The molecule has 1 aromatic heterocycles. The molecule has 36 heavy (non-hydrogen) atoms. The monoisotopic (exact) mass is 492 g/mol. The molecule has 10 heteroatoms. The number of primary amides is 1. The Kier molecular flexibility index (Phi) is 8.93. The number of benzene rings is 2. The smallest absolute Gasteiger partial charge is 0.303 e. The molecule has 0 bridgehead atoms. The van der Waals surface area contributed by atoms with Crippen LogP contribution in [0.3, 0.4) is 0 Å². The van der Waals surface area contributed by atoms with Gasteiger partial charge in [0.25, 0.3) is 0 Å². The van der Waals surface area contributed by atoms with Gasteiger partial charge in [0.1, 0.15) is 23.5 Å². The van der Waals surface area contributed by atoms with Crippen LogP contribution in [0.2, 0.25) is 0 Å². The van der Waals surface area contributed by atoms with E-state index in [-0.39, 0.29) is 25.7 Å². The number of aliphatic carboxylic acids is 1. The van der Waals surface area contributed by atoms with Crippen LogP contribution in [0.25, 0.3) is 22.4 Å². The van der Waals surface area contributed by atoms with Crippen molar-refractivity contribution >= 4 is 23.7 Å². The number of carbonyl (C=O) groups is 4. The maximum Gasteiger partial charge on any atom is 0.303 e. The maximum atomic E-state index is 12.5. The summed E-state index contributed by atoms with van der Waals surface area (Å²) in [4.78, 5) is 47.0. The summed E-state index contributed by atoms with van der Waals surface area (Å²) in [6.45, 7) is 1.40. The molecule has 0 spiro atoms. The van der Waals surface area contributed by atoms with E-state index in [0.29, 0.717) is 11.5 Å². The minimum absolute atomic E-state index is 0.0101. The van der Waals surface area contributed by atoms with E-state index < -0.39 is 35.8 Å². The average molecular weight is 493 g/mol. The van der Waals surface area contributed by atoms with Gasteiger partial charge in [-0.25, -0.2) is 0 Å². The Morgan fingerprint density at radius 3 is 2.22 bits per heavy atom. The molecule has 10 nitrogen and oxygen atoms in total. The van der Waals surface area contributed by atoms with Gasteiger partial charge in [-0.3, -0.25) is 19.2 Å². The molecule has 3 amide bonds. The van der Waals surface area contributed by atoms with Crippen molar-refractivity contribution in [3.05, 3.63) is 66.4 Å². The molecule has 188 valence electrons. The van der Waals surface area contributed by atoms with Gasteiger partial charge in [0.2, 0.25) is 17.7 Å². The van der Waals surface area contributed by atoms with Gasteiger partial charge in [0.15, 0.2) is 0 Å². The number of nitrogens with two attached hydrogens (primary N) is 1. The number of amides is 3. The minimum atomic E-state index is -1.12. The lowest BCUT2D eigenvalue weighted by atomic mass is 10.0. The quantitative estimate of drug-likeness (QED) is 0.301. The summed E-state index contributed by atoms with van der Waals surface area (Å²) in [5, 5.41) is 17.9. The van der Waals surface area contributed by atoms with Crippen LogP contribution in [0.4, 0.5) is 0 Å². The molecule has 0 aliphatic rings. The molecule has 3 aromatic rings. The first-order chi connectivity index (χ1) is 17.2. The molecule has 0 saturated carbocycles. The number of hydrogen-bond acceptors (Lipinski definition) is 6. The number of nitrogens with zero attached hydrogens (tertiary/aromatic N) is 1. The number of carbonyl (C=O) groups excluding carboxylic acids is 3. The summed E-state index contributed by atoms with van der Waals surface area (Å²) in [6.07, 6.45) is -0.253. The number of nitrogens with one attached hydrogen (secondary N) is 2. The van der Waals surface area contributed by atoms with Gasteiger partial charge in [-0.05, 0) is 24.5 Å². The van der Waals surface area contributed by atoms with E-state index in [4.69, 9.17) is 15.4 Å². The van der Waals surface area contributed by atoms with Crippen LogP contribution in [0.5, 0.6) is 0 Å². The van der Waals surface area contributed by atoms with Crippen LogP contribution in [0.1, 0.15) is 31.9 Å². The van der Waals surface area contributed by atoms with E-state index in [1.807, 2.05) is 54.6 Å². The second-order valence-corrected chi connectivity index (χ2v) is 8.31. The SMILES string of the molecule is CC(NC(=O)C(CCC(=O)O)NC(=O)CCc1cc(-c2ccc(-c3ccccc3)cc2)no1)C(N)=O. The highest BCUT2D eigenvalue weighted by Gasteiger charge is 2.24. The number of aromatic nitrogens is 1. The van der Waals surface area contributed by atoms with E-state index >= 15 is 0 Å². The van der Waals surface area contributed by atoms with Crippen molar-refractivity contribution in [2.24, 2.45) is 5.73 Å². The fourth-order valence-electron chi connectivity index (χ4n) is 3.46. The predicted molar refractivity (Wildman–Crippen MR) is 131 cm³/mol. The lowest BCUT2D eigenvalue weighted by Crippen LogP contribution is -2.52. The van der Waals surface area contributed by atoms with E-state index in [1.54, 1.807) is 6.07 Å². The zero-order valence-corrected chi connectivity index (χ0v) is 19.8. The molecule has 2 atom stereocenters. The van der Waals surface area contributed by atoms with Gasteiger partial charge in [-0.15, -0.1) is 0 Å². The first kappa shape index (κ1) is 26.1. The van der Waals surface area contributed by atoms with Crippen LogP contribution in [0.15, 0.2) is 65.2 Å². The van der Waals surface area contributed by atoms with Crippen LogP contribution in [-0.4, -0.2) is 46.0 Å². The fourth-order valence-corrected chi connectivity index (χ4v) is 3.46. The lowest BCUT2D eigenvalue weighted by molar-refractivity contribution is -0.138. The van der Waals surface area contributed by atoms with Crippen molar-refractivity contribution < 1.29 is 28.8 Å².